The van der Waals surface area contributed by atoms with Gasteiger partial charge in [0.15, 0.2) is 4.67 Å². The van der Waals surface area contributed by atoms with Gasteiger partial charge < -0.3 is 14.6 Å². The van der Waals surface area contributed by atoms with Crippen LogP contribution in [0.2, 0.25) is 0 Å². The molecule has 1 aliphatic heterocycles. The number of rotatable bonds is 5. The molecule has 1 aromatic carbocycles. The summed E-state index contributed by atoms with van der Waals surface area (Å²) in [6, 6.07) is 12.2. The van der Waals surface area contributed by atoms with Gasteiger partial charge in [0.2, 0.25) is 0 Å². The second kappa shape index (κ2) is 7.85. The predicted molar refractivity (Wildman–Crippen MR) is 96.7 cm³/mol. The van der Waals surface area contributed by atoms with Crippen molar-refractivity contribution in [3.8, 4) is 0 Å². The van der Waals surface area contributed by atoms with Crippen LogP contribution >= 0.6 is 15.9 Å². The maximum Gasteiger partial charge on any atom is 0.317 e. The Morgan fingerprint density at radius 2 is 2.08 bits per heavy atom. The molecular formula is C18H22BrN3O2. The van der Waals surface area contributed by atoms with E-state index < -0.39 is 0 Å². The number of carbonyl (C=O) groups excluding carboxylic acids is 1. The molecule has 5 nitrogen and oxygen atoms in total. The van der Waals surface area contributed by atoms with Crippen LogP contribution in [0.1, 0.15) is 16.9 Å². The number of nitrogens with zero attached hydrogens (tertiary/aromatic N) is 2. The molecule has 2 aromatic rings. The minimum Gasteiger partial charge on any atom is -0.452 e. The Labute approximate surface area is 150 Å². The lowest BCUT2D eigenvalue weighted by Crippen LogP contribution is -2.42. The van der Waals surface area contributed by atoms with Crippen LogP contribution in [0.5, 0.6) is 0 Å². The first-order valence-electron chi connectivity index (χ1n) is 8.14. The van der Waals surface area contributed by atoms with E-state index >= 15 is 0 Å². The van der Waals surface area contributed by atoms with E-state index in [1.54, 1.807) is 11.9 Å². The van der Waals surface area contributed by atoms with Crippen LogP contribution < -0.4 is 5.32 Å². The molecule has 1 aromatic heterocycles. The molecule has 0 saturated carbocycles. The fourth-order valence-corrected chi connectivity index (χ4v) is 3.28. The molecule has 24 heavy (non-hydrogen) atoms. The zero-order valence-corrected chi connectivity index (χ0v) is 15.4. The first kappa shape index (κ1) is 17.0. The standard InChI is InChI=1S/C18H22BrN3O2/c1-21(13-16-6-7-17(19)24-16)18(23)20-9-11-22-10-8-14-4-2-3-5-15(14)12-22/h2-7H,8-13H2,1H3,(H,20,23). The van der Waals surface area contributed by atoms with Crippen molar-refractivity contribution in [2.45, 2.75) is 19.5 Å². The lowest BCUT2D eigenvalue weighted by molar-refractivity contribution is 0.198. The number of furan rings is 1. The minimum atomic E-state index is -0.0834. The number of hydrogen-bond acceptors (Lipinski definition) is 3. The zero-order chi connectivity index (χ0) is 16.9. The van der Waals surface area contributed by atoms with E-state index in [0.29, 0.717) is 17.8 Å². The number of fused-ring (bicyclic) bond motifs is 1. The molecule has 0 saturated heterocycles. The van der Waals surface area contributed by atoms with Crippen molar-refractivity contribution >= 4 is 22.0 Å². The van der Waals surface area contributed by atoms with Gasteiger partial charge in [-0.25, -0.2) is 4.79 Å². The van der Waals surface area contributed by atoms with E-state index in [4.69, 9.17) is 4.42 Å². The van der Waals surface area contributed by atoms with Gasteiger partial charge in [0.05, 0.1) is 6.54 Å². The van der Waals surface area contributed by atoms with Gasteiger partial charge in [0, 0.05) is 33.2 Å². The van der Waals surface area contributed by atoms with Crippen LogP contribution in [0, 0.1) is 0 Å². The average Bonchev–Trinajstić information content (AvgIpc) is 2.99. The van der Waals surface area contributed by atoms with Crippen molar-refractivity contribution in [2.75, 3.05) is 26.7 Å². The second-order valence-corrected chi connectivity index (χ2v) is 6.87. The van der Waals surface area contributed by atoms with E-state index in [9.17, 15) is 4.79 Å². The SMILES string of the molecule is CN(Cc1ccc(Br)o1)C(=O)NCCN1CCc2ccccc2C1. The molecule has 0 bridgehead atoms. The number of halogens is 1. The van der Waals surface area contributed by atoms with Gasteiger partial charge in [-0.3, -0.25) is 4.90 Å². The molecule has 0 unspecified atom stereocenters. The van der Waals surface area contributed by atoms with Gasteiger partial charge in [-0.15, -0.1) is 0 Å². The average molecular weight is 392 g/mol. The second-order valence-electron chi connectivity index (χ2n) is 6.09. The van der Waals surface area contributed by atoms with Crippen LogP contribution in [0.15, 0.2) is 45.5 Å². The van der Waals surface area contributed by atoms with Crippen molar-refractivity contribution < 1.29 is 9.21 Å². The van der Waals surface area contributed by atoms with Crippen molar-refractivity contribution in [1.29, 1.82) is 0 Å². The van der Waals surface area contributed by atoms with Crippen molar-refractivity contribution in [3.05, 3.63) is 58.0 Å². The van der Waals surface area contributed by atoms with Crippen LogP contribution in [-0.4, -0.2) is 42.5 Å². The normalized spacial score (nSPS) is 14.2. The molecule has 1 aliphatic rings. The number of benzene rings is 1. The van der Waals surface area contributed by atoms with Crippen LogP contribution in [-0.2, 0) is 19.5 Å². The summed E-state index contributed by atoms with van der Waals surface area (Å²) in [7, 11) is 1.77. The molecule has 0 radical (unpaired) electrons. The number of nitrogens with one attached hydrogen (secondary N) is 1. The van der Waals surface area contributed by atoms with Crippen LogP contribution in [0.4, 0.5) is 4.79 Å². The van der Waals surface area contributed by atoms with E-state index in [1.807, 2.05) is 12.1 Å². The summed E-state index contributed by atoms with van der Waals surface area (Å²) in [5.74, 6) is 0.757. The lowest BCUT2D eigenvalue weighted by Gasteiger charge is -2.29. The Hall–Kier alpha value is -1.79. The molecule has 128 valence electrons. The summed E-state index contributed by atoms with van der Waals surface area (Å²) in [6.07, 6.45) is 1.08. The van der Waals surface area contributed by atoms with Crippen LogP contribution in [0.25, 0.3) is 0 Å². The van der Waals surface area contributed by atoms with Crippen molar-refractivity contribution in [1.82, 2.24) is 15.1 Å². The van der Waals surface area contributed by atoms with E-state index in [1.165, 1.54) is 11.1 Å². The molecule has 3 rings (SSSR count). The fourth-order valence-electron chi connectivity index (χ4n) is 2.94. The number of carbonyl (C=O) groups is 1. The topological polar surface area (TPSA) is 48.7 Å². The van der Waals surface area contributed by atoms with Gasteiger partial charge in [0.1, 0.15) is 5.76 Å². The molecule has 2 heterocycles. The number of amides is 2. The molecule has 2 amide bonds. The van der Waals surface area contributed by atoms with Crippen molar-refractivity contribution in [3.63, 3.8) is 0 Å². The van der Waals surface area contributed by atoms with Crippen LogP contribution in [0.3, 0.4) is 0 Å². The quantitative estimate of drug-likeness (QED) is 0.850. The molecule has 0 aliphatic carbocycles. The fraction of sp³-hybridized carbons (Fsp3) is 0.389. The van der Waals surface area contributed by atoms with Gasteiger partial charge in [-0.1, -0.05) is 24.3 Å². The minimum absolute atomic E-state index is 0.0834. The maximum absolute atomic E-state index is 12.1. The van der Waals surface area contributed by atoms with Gasteiger partial charge >= 0.3 is 6.03 Å². The highest BCUT2D eigenvalue weighted by Gasteiger charge is 2.16. The summed E-state index contributed by atoms with van der Waals surface area (Å²) in [5.41, 5.74) is 2.85. The molecule has 0 spiro atoms. The van der Waals surface area contributed by atoms with E-state index in [0.717, 1.165) is 31.8 Å². The largest absolute Gasteiger partial charge is 0.452 e. The van der Waals surface area contributed by atoms with Gasteiger partial charge in [-0.2, -0.15) is 0 Å². The smallest absolute Gasteiger partial charge is 0.317 e. The third-order valence-corrected chi connectivity index (χ3v) is 4.71. The summed E-state index contributed by atoms with van der Waals surface area (Å²) in [5, 5.41) is 2.97. The van der Waals surface area contributed by atoms with Crippen molar-refractivity contribution in [2.24, 2.45) is 0 Å². The molecule has 0 atom stereocenters. The molecule has 1 N–H and O–H groups in total. The maximum atomic E-state index is 12.1. The summed E-state index contributed by atoms with van der Waals surface area (Å²) >= 11 is 3.27. The predicted octanol–water partition coefficient (Wildman–Crippen LogP) is 3.24. The molecule has 0 fully saturated rings. The van der Waals surface area contributed by atoms with Gasteiger partial charge in [0.25, 0.3) is 0 Å². The monoisotopic (exact) mass is 391 g/mol. The van der Waals surface area contributed by atoms with Gasteiger partial charge in [-0.05, 0) is 45.6 Å². The summed E-state index contributed by atoms with van der Waals surface area (Å²) in [4.78, 5) is 16.1. The van der Waals surface area contributed by atoms with E-state index in [2.05, 4.69) is 50.4 Å². The highest BCUT2D eigenvalue weighted by Crippen LogP contribution is 2.18. The summed E-state index contributed by atoms with van der Waals surface area (Å²) < 4.78 is 6.10. The highest BCUT2D eigenvalue weighted by atomic mass is 79.9. The first-order valence-corrected chi connectivity index (χ1v) is 8.93. The third kappa shape index (κ3) is 4.39. The van der Waals surface area contributed by atoms with E-state index in [-0.39, 0.29) is 6.03 Å². The third-order valence-electron chi connectivity index (χ3n) is 4.28. The molecule has 6 heteroatoms. The number of hydrogen-bond donors (Lipinski definition) is 1. The lowest BCUT2D eigenvalue weighted by atomic mass is 10.00. The first-order chi connectivity index (χ1) is 11.6. The Morgan fingerprint density at radius 1 is 1.29 bits per heavy atom. The number of urea groups is 1. The Morgan fingerprint density at radius 3 is 2.83 bits per heavy atom. The Kier molecular flexibility index (Phi) is 5.58. The zero-order valence-electron chi connectivity index (χ0n) is 13.8. The highest BCUT2D eigenvalue weighted by molar-refractivity contribution is 9.10. The molecular weight excluding hydrogens is 370 g/mol. The summed E-state index contributed by atoms with van der Waals surface area (Å²) in [6.45, 7) is 3.97. The Balaban J connectivity index is 1.41. The Bertz CT molecular complexity index is 701.